The Bertz CT molecular complexity index is 928. The number of nitrogens with one attached hydrogen (secondary N) is 2. The first-order valence-corrected chi connectivity index (χ1v) is 10.9. The van der Waals surface area contributed by atoms with Gasteiger partial charge in [-0.1, -0.05) is 37.0 Å². The van der Waals surface area contributed by atoms with Gasteiger partial charge in [0.25, 0.3) is 5.91 Å². The van der Waals surface area contributed by atoms with Crippen LogP contribution >= 0.6 is 23.2 Å². The molecule has 2 N–H and O–H groups in total. The van der Waals surface area contributed by atoms with Crippen LogP contribution in [0.1, 0.15) is 47.6 Å². The van der Waals surface area contributed by atoms with E-state index in [1.807, 2.05) is 32.4 Å². The summed E-state index contributed by atoms with van der Waals surface area (Å²) in [5, 5.41) is 10.9. The molecule has 0 spiro atoms. The zero-order valence-electron chi connectivity index (χ0n) is 18.6. The van der Waals surface area contributed by atoms with Gasteiger partial charge in [0.15, 0.2) is 0 Å². The Hall–Kier alpha value is -2.09. The summed E-state index contributed by atoms with van der Waals surface area (Å²) in [4.78, 5) is 25.6. The Kier molecular flexibility index (Phi) is 9.34. The van der Waals surface area contributed by atoms with Crippen molar-refractivity contribution in [3.63, 3.8) is 0 Å². The Labute approximate surface area is 193 Å². The van der Waals surface area contributed by atoms with Gasteiger partial charge >= 0.3 is 0 Å². The number of halogens is 2. The maximum absolute atomic E-state index is 12.9. The highest BCUT2D eigenvalue weighted by molar-refractivity contribution is 6.36. The molecule has 0 saturated carbocycles. The molecule has 170 valence electrons. The number of methoxy groups -OCH3 is 1. The number of nitrogens with zero attached hydrogens (tertiary/aromatic N) is 2. The van der Waals surface area contributed by atoms with Crippen LogP contribution in [0.5, 0.6) is 0 Å². The van der Waals surface area contributed by atoms with Gasteiger partial charge in [-0.15, -0.1) is 0 Å². The summed E-state index contributed by atoms with van der Waals surface area (Å²) < 4.78 is 6.99. The predicted octanol–water partition coefficient (Wildman–Crippen LogP) is 3.91. The summed E-state index contributed by atoms with van der Waals surface area (Å²) in [6, 6.07) is 3.95. The lowest BCUT2D eigenvalue weighted by atomic mass is 10.0. The van der Waals surface area contributed by atoms with Gasteiger partial charge in [-0.05, 0) is 44.4 Å². The maximum Gasteiger partial charge on any atom is 0.253 e. The van der Waals surface area contributed by atoms with E-state index >= 15 is 0 Å². The van der Waals surface area contributed by atoms with Crippen LogP contribution in [-0.4, -0.2) is 41.4 Å². The van der Waals surface area contributed by atoms with Gasteiger partial charge in [0.05, 0.1) is 29.4 Å². The Morgan fingerprint density at radius 3 is 2.55 bits per heavy atom. The zero-order chi connectivity index (χ0) is 23.1. The standard InChI is InChI=1S/C22H30Cl2N4O3/c1-13(2)10-20(26-21(29)17-7-6-16(23)11-19(17)24)22(30)25-12-18-14(3)27-28(15(18)4)8-9-31-5/h6-7,11,13,20H,8-10,12H2,1-5H3,(H,25,30)(H,26,29). The molecule has 2 aromatic rings. The quantitative estimate of drug-likeness (QED) is 0.553. The van der Waals surface area contributed by atoms with Crippen molar-refractivity contribution in [3.8, 4) is 0 Å². The number of benzene rings is 1. The molecule has 0 aliphatic heterocycles. The lowest BCUT2D eigenvalue weighted by molar-refractivity contribution is -0.123. The summed E-state index contributed by atoms with van der Waals surface area (Å²) in [5.74, 6) is -0.463. The van der Waals surface area contributed by atoms with Crippen molar-refractivity contribution in [2.75, 3.05) is 13.7 Å². The maximum atomic E-state index is 12.9. The van der Waals surface area contributed by atoms with Crippen LogP contribution < -0.4 is 10.6 Å². The van der Waals surface area contributed by atoms with Crippen molar-refractivity contribution in [1.29, 1.82) is 0 Å². The van der Waals surface area contributed by atoms with Gasteiger partial charge in [-0.25, -0.2) is 0 Å². The van der Waals surface area contributed by atoms with Crippen molar-refractivity contribution in [1.82, 2.24) is 20.4 Å². The second-order valence-corrected chi connectivity index (χ2v) is 8.71. The monoisotopic (exact) mass is 468 g/mol. The molecule has 0 aliphatic carbocycles. The highest BCUT2D eigenvalue weighted by atomic mass is 35.5. The molecule has 0 fully saturated rings. The highest BCUT2D eigenvalue weighted by Gasteiger charge is 2.24. The van der Waals surface area contributed by atoms with Crippen LogP contribution in [0.3, 0.4) is 0 Å². The lowest BCUT2D eigenvalue weighted by Crippen LogP contribution is -2.47. The molecule has 0 bridgehead atoms. The van der Waals surface area contributed by atoms with Crippen LogP contribution in [0.4, 0.5) is 0 Å². The second-order valence-electron chi connectivity index (χ2n) is 7.86. The molecule has 2 rings (SSSR count). The fraction of sp³-hybridized carbons (Fsp3) is 0.500. The van der Waals surface area contributed by atoms with Gasteiger partial charge in [0, 0.05) is 29.9 Å². The summed E-state index contributed by atoms with van der Waals surface area (Å²) in [5.41, 5.74) is 3.07. The first-order chi connectivity index (χ1) is 14.6. The van der Waals surface area contributed by atoms with Crippen molar-refractivity contribution in [3.05, 3.63) is 50.8 Å². The fourth-order valence-electron chi connectivity index (χ4n) is 3.30. The van der Waals surface area contributed by atoms with Gasteiger partial charge in [-0.2, -0.15) is 5.10 Å². The molecule has 0 saturated heterocycles. The molecule has 0 radical (unpaired) electrons. The Balaban J connectivity index is 2.10. The number of hydrogen-bond acceptors (Lipinski definition) is 4. The van der Waals surface area contributed by atoms with E-state index in [4.69, 9.17) is 27.9 Å². The van der Waals surface area contributed by atoms with E-state index in [-0.39, 0.29) is 22.4 Å². The number of aromatic nitrogens is 2. The smallest absolute Gasteiger partial charge is 0.253 e. The van der Waals surface area contributed by atoms with Gasteiger partial charge in [0.2, 0.25) is 5.91 Å². The van der Waals surface area contributed by atoms with E-state index in [0.717, 1.165) is 17.0 Å². The van der Waals surface area contributed by atoms with Crippen LogP contribution in [0.25, 0.3) is 0 Å². The normalized spacial score (nSPS) is 12.1. The summed E-state index contributed by atoms with van der Waals surface area (Å²) >= 11 is 12.1. The molecule has 1 unspecified atom stereocenters. The van der Waals surface area contributed by atoms with Crippen LogP contribution in [-0.2, 0) is 22.6 Å². The fourth-order valence-corrected chi connectivity index (χ4v) is 3.79. The molecule has 1 atom stereocenters. The topological polar surface area (TPSA) is 85.2 Å². The van der Waals surface area contributed by atoms with E-state index in [2.05, 4.69) is 15.7 Å². The highest BCUT2D eigenvalue weighted by Crippen LogP contribution is 2.21. The number of carbonyl (C=O) groups is 2. The minimum atomic E-state index is -0.691. The summed E-state index contributed by atoms with van der Waals surface area (Å²) in [7, 11) is 1.65. The summed E-state index contributed by atoms with van der Waals surface area (Å²) in [6.07, 6.45) is 0.494. The average molecular weight is 469 g/mol. The first-order valence-electron chi connectivity index (χ1n) is 10.2. The molecule has 9 heteroatoms. The summed E-state index contributed by atoms with van der Waals surface area (Å²) in [6.45, 7) is 9.40. The second kappa shape index (κ2) is 11.5. The minimum absolute atomic E-state index is 0.206. The molecular weight excluding hydrogens is 439 g/mol. The number of ether oxygens (including phenoxy) is 1. The van der Waals surface area contributed by atoms with E-state index in [0.29, 0.717) is 31.1 Å². The average Bonchev–Trinajstić information content (AvgIpc) is 2.96. The Morgan fingerprint density at radius 2 is 1.94 bits per heavy atom. The van der Waals surface area contributed by atoms with Crippen LogP contribution in [0, 0.1) is 19.8 Å². The number of aryl methyl sites for hydroxylation is 1. The molecule has 0 aliphatic rings. The van der Waals surface area contributed by atoms with Crippen molar-refractivity contribution < 1.29 is 14.3 Å². The SMILES string of the molecule is COCCn1nc(C)c(CNC(=O)C(CC(C)C)NC(=O)c2ccc(Cl)cc2Cl)c1C. The third kappa shape index (κ3) is 6.95. The van der Waals surface area contributed by atoms with E-state index in [9.17, 15) is 9.59 Å². The predicted molar refractivity (Wildman–Crippen MR) is 123 cm³/mol. The van der Waals surface area contributed by atoms with E-state index < -0.39 is 11.9 Å². The molecule has 7 nitrogen and oxygen atoms in total. The van der Waals surface area contributed by atoms with E-state index in [1.54, 1.807) is 19.2 Å². The third-order valence-corrected chi connectivity index (χ3v) is 5.53. The number of amides is 2. The van der Waals surface area contributed by atoms with E-state index in [1.165, 1.54) is 6.07 Å². The number of rotatable bonds is 10. The Morgan fingerprint density at radius 1 is 1.23 bits per heavy atom. The van der Waals surface area contributed by atoms with Crippen molar-refractivity contribution >= 4 is 35.0 Å². The third-order valence-electron chi connectivity index (χ3n) is 4.98. The van der Waals surface area contributed by atoms with Gasteiger partial charge in [-0.3, -0.25) is 14.3 Å². The first kappa shape index (κ1) is 25.2. The molecule has 1 aromatic heterocycles. The lowest BCUT2D eigenvalue weighted by Gasteiger charge is -2.20. The molecule has 2 amide bonds. The molecule has 1 heterocycles. The van der Waals surface area contributed by atoms with Crippen LogP contribution in [0.15, 0.2) is 18.2 Å². The van der Waals surface area contributed by atoms with Gasteiger partial charge < -0.3 is 15.4 Å². The van der Waals surface area contributed by atoms with Crippen LogP contribution in [0.2, 0.25) is 10.0 Å². The zero-order valence-corrected chi connectivity index (χ0v) is 20.1. The van der Waals surface area contributed by atoms with Crippen molar-refractivity contribution in [2.45, 2.75) is 53.2 Å². The molecule has 31 heavy (non-hydrogen) atoms. The number of hydrogen-bond donors (Lipinski definition) is 2. The molecule has 1 aromatic carbocycles. The largest absolute Gasteiger partial charge is 0.383 e. The van der Waals surface area contributed by atoms with Crippen molar-refractivity contribution in [2.24, 2.45) is 5.92 Å². The van der Waals surface area contributed by atoms with Gasteiger partial charge in [0.1, 0.15) is 6.04 Å². The number of carbonyl (C=O) groups excluding carboxylic acids is 2. The minimum Gasteiger partial charge on any atom is -0.383 e. The molecular formula is C22H30Cl2N4O3.